The number of rotatable bonds is 60. The third-order valence-corrected chi connectivity index (χ3v) is 16.6. The first-order valence-corrected chi connectivity index (χ1v) is 36.8. The second-order valence-corrected chi connectivity index (χ2v) is 24.8. The number of benzene rings is 4. The molecule has 0 aliphatic heterocycles. The van der Waals surface area contributed by atoms with Crippen LogP contribution in [-0.4, -0.2) is 77.8 Å². The van der Waals surface area contributed by atoms with Crippen LogP contribution in [0.15, 0.2) is 60.7 Å². The van der Waals surface area contributed by atoms with E-state index in [-0.39, 0.29) is 11.8 Å². The lowest BCUT2D eigenvalue weighted by Gasteiger charge is -2.19. The highest BCUT2D eigenvalue weighted by Gasteiger charge is 2.22. The van der Waals surface area contributed by atoms with E-state index in [2.05, 4.69) is 52.2 Å². The van der Waals surface area contributed by atoms with Crippen LogP contribution in [0.3, 0.4) is 0 Å². The second-order valence-electron chi connectivity index (χ2n) is 24.8. The zero-order chi connectivity index (χ0) is 64.2. The van der Waals surface area contributed by atoms with E-state index >= 15 is 0 Å². The lowest BCUT2D eigenvalue weighted by Crippen LogP contribution is -2.26. The molecule has 4 aromatic rings. The molecule has 0 aromatic heterocycles. The molecule has 508 valence electrons. The number of nitrogens with one attached hydrogen (secondary N) is 2. The van der Waals surface area contributed by atoms with E-state index in [0.29, 0.717) is 124 Å². The van der Waals surface area contributed by atoms with Gasteiger partial charge in [0.2, 0.25) is 11.5 Å². The summed E-state index contributed by atoms with van der Waals surface area (Å²) in [5.41, 5.74) is 0.987. The predicted molar refractivity (Wildman–Crippen MR) is 375 cm³/mol. The number of amides is 2. The molecule has 0 unspecified atom stereocenters. The lowest BCUT2D eigenvalue weighted by molar-refractivity contribution is 0.0942. The summed E-state index contributed by atoms with van der Waals surface area (Å²) >= 11 is 0. The summed E-state index contributed by atoms with van der Waals surface area (Å²) in [5, 5.41) is 8.17. The largest absolute Gasteiger partial charge is 0.493 e. The molecule has 12 heteroatoms. The van der Waals surface area contributed by atoms with Crippen LogP contribution in [0.2, 0.25) is 0 Å². The van der Waals surface area contributed by atoms with Gasteiger partial charge in [-0.1, -0.05) is 258 Å². The summed E-state index contributed by atoms with van der Waals surface area (Å²) in [6, 6.07) is 19.3. The number of hydrogen-bond donors (Lipinski definition) is 2. The maximum atomic E-state index is 14.0. The maximum absolute atomic E-state index is 14.0. The smallest absolute Gasteiger partial charge is 0.251 e. The number of hydrogen-bond acceptors (Lipinski definition) is 10. The van der Waals surface area contributed by atoms with Crippen molar-refractivity contribution < 1.29 is 47.5 Å². The minimum absolute atomic E-state index is 0.188. The zero-order valence-electron chi connectivity index (χ0n) is 57.8. The molecule has 90 heavy (non-hydrogen) atoms. The van der Waals surface area contributed by atoms with Crippen LogP contribution in [0.4, 0.5) is 0 Å². The standard InChI is InChI=1S/C78H126N2O10/c1-7-13-19-25-31-37-53-85-71-61-65(62-72(86-54-38-32-26-20-14-8-2)75(71)89-57-41-35-29-23-17-11-5)77(81)79-51-45-59-83-69-49-43-48-68-67(69)47-44-50-70(68)84-60-46-52-80-78(82)66-63-73(87-55-39-33-27-21-15-9-3)76(90-58-42-36-30-24-18-12-6)74(64-66)88-56-40-34-28-22-16-10-4/h43-44,47-50,61-64H,7-42,45-46,51-60H2,1-6H3,(H,79,81)(H,80,82). The van der Waals surface area contributed by atoms with Crippen LogP contribution in [0.25, 0.3) is 10.8 Å². The molecule has 0 aliphatic carbocycles. The van der Waals surface area contributed by atoms with Gasteiger partial charge in [-0.15, -0.1) is 0 Å². The molecule has 2 amide bonds. The average Bonchev–Trinajstić information content (AvgIpc) is 1.09. The van der Waals surface area contributed by atoms with E-state index in [1.165, 1.54) is 154 Å². The van der Waals surface area contributed by atoms with Gasteiger partial charge < -0.3 is 48.5 Å². The van der Waals surface area contributed by atoms with Gasteiger partial charge in [-0.2, -0.15) is 0 Å². The zero-order valence-corrected chi connectivity index (χ0v) is 57.8. The Morgan fingerprint density at radius 3 is 0.756 bits per heavy atom. The summed E-state index contributed by atoms with van der Waals surface area (Å²) in [5.74, 6) is 4.64. The minimum atomic E-state index is -0.188. The van der Waals surface area contributed by atoms with Crippen LogP contribution < -0.4 is 48.5 Å². The van der Waals surface area contributed by atoms with Crippen molar-refractivity contribution in [2.45, 2.75) is 286 Å². The van der Waals surface area contributed by atoms with Crippen LogP contribution in [-0.2, 0) is 0 Å². The van der Waals surface area contributed by atoms with Gasteiger partial charge >= 0.3 is 0 Å². The SMILES string of the molecule is CCCCCCCCOc1cc(C(=O)NCCCOc2cccc3c(OCCCNC(=O)c4cc(OCCCCCCCC)c(OCCCCCCCC)c(OCCCCCCCC)c4)cccc23)cc(OCCCCCCCC)c1OCCCCCCCC. The summed E-state index contributed by atoms with van der Waals surface area (Å²) in [6.45, 7) is 18.5. The Hall–Kier alpha value is -5.52. The van der Waals surface area contributed by atoms with Crippen molar-refractivity contribution in [3.05, 3.63) is 71.8 Å². The average molecular weight is 1250 g/mol. The molecular weight excluding hydrogens is 1120 g/mol. The predicted octanol–water partition coefficient (Wildman–Crippen LogP) is 21.7. The third kappa shape index (κ3) is 33.2. The summed E-state index contributed by atoms with van der Waals surface area (Å²) < 4.78 is 51.7. The Bertz CT molecular complexity index is 2200. The fourth-order valence-electron chi connectivity index (χ4n) is 11.1. The molecule has 0 bridgehead atoms. The van der Waals surface area contributed by atoms with Crippen molar-refractivity contribution in [3.63, 3.8) is 0 Å². The maximum Gasteiger partial charge on any atom is 0.251 e. The van der Waals surface area contributed by atoms with E-state index in [1.54, 1.807) is 0 Å². The van der Waals surface area contributed by atoms with Crippen molar-refractivity contribution in [1.82, 2.24) is 10.6 Å². The fraction of sp³-hybridized carbons (Fsp3) is 0.692. The molecule has 12 nitrogen and oxygen atoms in total. The highest BCUT2D eigenvalue weighted by molar-refractivity contribution is 5.96. The topological polar surface area (TPSA) is 132 Å². The van der Waals surface area contributed by atoms with Crippen LogP contribution in [0.1, 0.15) is 306 Å². The number of ether oxygens (including phenoxy) is 8. The number of unbranched alkanes of at least 4 members (excludes halogenated alkanes) is 30. The van der Waals surface area contributed by atoms with Gasteiger partial charge in [-0.25, -0.2) is 0 Å². The first kappa shape index (κ1) is 76.9. The Morgan fingerprint density at radius 1 is 0.267 bits per heavy atom. The van der Waals surface area contributed by atoms with Gasteiger partial charge in [-0.3, -0.25) is 9.59 Å². The van der Waals surface area contributed by atoms with E-state index in [0.717, 1.165) is 99.3 Å². The lowest BCUT2D eigenvalue weighted by atomic mass is 10.1. The molecule has 0 aliphatic rings. The first-order valence-electron chi connectivity index (χ1n) is 36.8. The molecule has 0 radical (unpaired) electrons. The van der Waals surface area contributed by atoms with Crippen molar-refractivity contribution in [2.24, 2.45) is 0 Å². The van der Waals surface area contributed by atoms with E-state index in [9.17, 15) is 9.59 Å². The Labute approximate surface area is 547 Å². The van der Waals surface area contributed by atoms with Gasteiger partial charge in [0.05, 0.1) is 52.9 Å². The van der Waals surface area contributed by atoms with Gasteiger partial charge in [0, 0.05) is 35.0 Å². The van der Waals surface area contributed by atoms with Crippen molar-refractivity contribution in [3.8, 4) is 46.0 Å². The molecule has 0 fully saturated rings. The van der Waals surface area contributed by atoms with E-state index in [1.807, 2.05) is 60.7 Å². The molecule has 0 heterocycles. The van der Waals surface area contributed by atoms with Gasteiger partial charge in [-0.05, 0) is 87.8 Å². The van der Waals surface area contributed by atoms with Crippen LogP contribution in [0.5, 0.6) is 46.0 Å². The number of fused-ring (bicyclic) bond motifs is 1. The van der Waals surface area contributed by atoms with Crippen molar-refractivity contribution >= 4 is 22.6 Å². The molecular formula is C78H126N2O10. The van der Waals surface area contributed by atoms with Crippen molar-refractivity contribution in [2.75, 3.05) is 65.9 Å². The number of carbonyl (C=O) groups excluding carboxylic acids is 2. The Balaban J connectivity index is 1.37. The molecule has 0 atom stereocenters. The van der Waals surface area contributed by atoms with Gasteiger partial charge in [0.25, 0.3) is 11.8 Å². The first-order chi connectivity index (χ1) is 44.4. The second kappa shape index (κ2) is 52.0. The molecule has 4 aromatic carbocycles. The molecule has 2 N–H and O–H groups in total. The van der Waals surface area contributed by atoms with Crippen LogP contribution in [0, 0.1) is 0 Å². The molecule has 0 spiro atoms. The van der Waals surface area contributed by atoms with E-state index in [4.69, 9.17) is 37.9 Å². The minimum Gasteiger partial charge on any atom is -0.493 e. The summed E-state index contributed by atoms with van der Waals surface area (Å²) in [4.78, 5) is 27.9. The molecule has 0 saturated heterocycles. The quantitative estimate of drug-likeness (QED) is 0.0412. The number of carbonyl (C=O) groups is 2. The molecule has 4 rings (SSSR count). The summed E-state index contributed by atoms with van der Waals surface area (Å²) in [6.07, 6.45) is 43.1. The monoisotopic (exact) mass is 1250 g/mol. The van der Waals surface area contributed by atoms with Gasteiger partial charge in [0.1, 0.15) is 11.5 Å². The highest BCUT2D eigenvalue weighted by Crippen LogP contribution is 2.42. The van der Waals surface area contributed by atoms with Gasteiger partial charge in [0.15, 0.2) is 23.0 Å². The third-order valence-electron chi connectivity index (χ3n) is 16.6. The van der Waals surface area contributed by atoms with E-state index < -0.39 is 0 Å². The highest BCUT2D eigenvalue weighted by atomic mass is 16.5. The summed E-state index contributed by atoms with van der Waals surface area (Å²) in [7, 11) is 0. The van der Waals surface area contributed by atoms with Crippen molar-refractivity contribution in [1.29, 1.82) is 0 Å². The normalized spacial score (nSPS) is 11.2. The molecule has 0 saturated carbocycles. The Morgan fingerprint density at radius 2 is 0.489 bits per heavy atom. The van der Waals surface area contributed by atoms with Crippen LogP contribution >= 0.6 is 0 Å². The fourth-order valence-corrected chi connectivity index (χ4v) is 11.1. The Kier molecular flexibility index (Phi) is 44.5.